The van der Waals surface area contributed by atoms with Crippen molar-refractivity contribution in [1.82, 2.24) is 5.32 Å². The third-order valence-electron chi connectivity index (χ3n) is 4.78. The smallest absolute Gasteiger partial charge is 0.252 e. The van der Waals surface area contributed by atoms with Crippen LogP contribution in [0, 0.1) is 6.92 Å². The molecule has 0 aromatic heterocycles. The molecule has 150 valence electrons. The number of hydrogen-bond donors (Lipinski definition) is 3. The molecule has 29 heavy (non-hydrogen) atoms. The van der Waals surface area contributed by atoms with Gasteiger partial charge in [0.15, 0.2) is 0 Å². The Morgan fingerprint density at radius 2 is 1.83 bits per heavy atom. The summed E-state index contributed by atoms with van der Waals surface area (Å²) in [4.78, 5) is 12.8. The molecule has 1 amide bonds. The number of aryl methyl sites for hydroxylation is 1. The molecule has 0 radical (unpaired) electrons. The highest BCUT2D eigenvalue weighted by Crippen LogP contribution is 2.25. The van der Waals surface area contributed by atoms with Gasteiger partial charge in [-0.3, -0.25) is 4.79 Å². The Hall–Kier alpha value is -3.31. The minimum absolute atomic E-state index is 0.150. The number of hydrogen-bond acceptors (Lipinski definition) is 4. The van der Waals surface area contributed by atoms with E-state index in [0.29, 0.717) is 24.5 Å². The number of rotatable bonds is 7. The van der Waals surface area contributed by atoms with E-state index in [0.717, 1.165) is 22.3 Å². The van der Waals surface area contributed by atoms with Gasteiger partial charge in [-0.05, 0) is 66.4 Å². The first kappa shape index (κ1) is 20.4. The Balaban J connectivity index is 1.76. The second-order valence-corrected chi connectivity index (χ2v) is 6.98. The molecule has 5 heteroatoms. The number of benzene rings is 3. The third-order valence-corrected chi connectivity index (χ3v) is 4.78. The lowest BCUT2D eigenvalue weighted by molar-refractivity contribution is 0.0939. The molecule has 0 aliphatic rings. The number of amides is 1. The first-order valence-corrected chi connectivity index (χ1v) is 9.61. The SMILES string of the molecule is Cc1ccc(OCCN)cc1C(=O)N[C@H](C)c1cccc(-c2ccc(O)cc2)c1. The quantitative estimate of drug-likeness (QED) is 0.565. The van der Waals surface area contributed by atoms with Crippen molar-refractivity contribution in [2.24, 2.45) is 5.73 Å². The Kier molecular flexibility index (Phi) is 6.52. The molecule has 0 fully saturated rings. The van der Waals surface area contributed by atoms with E-state index < -0.39 is 0 Å². The van der Waals surface area contributed by atoms with Crippen molar-refractivity contribution in [3.8, 4) is 22.6 Å². The average Bonchev–Trinajstić information content (AvgIpc) is 2.73. The molecule has 3 aromatic carbocycles. The normalized spacial score (nSPS) is 11.7. The Labute approximate surface area is 171 Å². The van der Waals surface area contributed by atoms with Gasteiger partial charge in [-0.15, -0.1) is 0 Å². The zero-order chi connectivity index (χ0) is 20.8. The first-order chi connectivity index (χ1) is 14.0. The molecule has 3 rings (SSSR count). The van der Waals surface area contributed by atoms with Gasteiger partial charge in [-0.1, -0.05) is 36.4 Å². The maximum absolute atomic E-state index is 12.8. The van der Waals surface area contributed by atoms with Crippen LogP contribution in [-0.2, 0) is 0 Å². The molecule has 0 bridgehead atoms. The van der Waals surface area contributed by atoms with Gasteiger partial charge in [0.1, 0.15) is 18.1 Å². The summed E-state index contributed by atoms with van der Waals surface area (Å²) < 4.78 is 5.54. The summed E-state index contributed by atoms with van der Waals surface area (Å²) in [6.45, 7) is 4.68. The zero-order valence-electron chi connectivity index (χ0n) is 16.7. The molecule has 3 aromatic rings. The van der Waals surface area contributed by atoms with Crippen LogP contribution in [-0.4, -0.2) is 24.2 Å². The zero-order valence-corrected chi connectivity index (χ0v) is 16.7. The Morgan fingerprint density at radius 3 is 2.55 bits per heavy atom. The summed E-state index contributed by atoms with van der Waals surface area (Å²) >= 11 is 0. The number of carbonyl (C=O) groups is 1. The summed E-state index contributed by atoms with van der Waals surface area (Å²) in [5, 5.41) is 12.5. The molecule has 0 aliphatic heterocycles. The molecule has 0 heterocycles. The van der Waals surface area contributed by atoms with E-state index in [-0.39, 0.29) is 17.7 Å². The van der Waals surface area contributed by atoms with Crippen LogP contribution in [0.25, 0.3) is 11.1 Å². The number of carbonyl (C=O) groups excluding carboxylic acids is 1. The van der Waals surface area contributed by atoms with Crippen molar-refractivity contribution >= 4 is 5.91 Å². The maximum Gasteiger partial charge on any atom is 0.252 e. The van der Waals surface area contributed by atoms with Crippen LogP contribution < -0.4 is 15.8 Å². The van der Waals surface area contributed by atoms with E-state index in [1.807, 2.05) is 62.4 Å². The number of ether oxygens (including phenoxy) is 1. The molecule has 0 spiro atoms. The van der Waals surface area contributed by atoms with Crippen LogP contribution >= 0.6 is 0 Å². The number of aromatic hydroxyl groups is 1. The fourth-order valence-electron chi connectivity index (χ4n) is 3.11. The molecular weight excluding hydrogens is 364 g/mol. The molecule has 0 saturated heterocycles. The lowest BCUT2D eigenvalue weighted by atomic mass is 9.99. The second-order valence-electron chi connectivity index (χ2n) is 6.98. The van der Waals surface area contributed by atoms with Crippen LogP contribution in [0.1, 0.15) is 34.5 Å². The van der Waals surface area contributed by atoms with E-state index in [2.05, 4.69) is 5.32 Å². The topological polar surface area (TPSA) is 84.6 Å². The summed E-state index contributed by atoms with van der Waals surface area (Å²) in [7, 11) is 0. The fourth-order valence-corrected chi connectivity index (χ4v) is 3.11. The predicted octanol–water partition coefficient (Wildman–Crippen LogP) is 4.20. The summed E-state index contributed by atoms with van der Waals surface area (Å²) in [5.74, 6) is 0.718. The molecule has 0 saturated carbocycles. The summed E-state index contributed by atoms with van der Waals surface area (Å²) in [5.41, 5.74) is 9.97. The highest BCUT2D eigenvalue weighted by atomic mass is 16.5. The highest BCUT2D eigenvalue weighted by Gasteiger charge is 2.15. The van der Waals surface area contributed by atoms with Gasteiger partial charge in [0.25, 0.3) is 5.91 Å². The van der Waals surface area contributed by atoms with E-state index in [1.54, 1.807) is 18.2 Å². The minimum atomic E-state index is -0.174. The number of phenolic OH excluding ortho intramolecular Hbond substituents is 1. The molecule has 0 unspecified atom stereocenters. The van der Waals surface area contributed by atoms with E-state index in [4.69, 9.17) is 10.5 Å². The standard InChI is InChI=1S/C24H26N2O3/c1-16-6-11-22(29-13-12-25)15-23(16)24(28)26-17(2)19-4-3-5-20(14-19)18-7-9-21(27)10-8-18/h3-11,14-15,17,27H,12-13,25H2,1-2H3,(H,26,28)/t17-/m1/s1. The number of phenols is 1. The maximum atomic E-state index is 12.8. The van der Waals surface area contributed by atoms with Crippen molar-refractivity contribution in [1.29, 1.82) is 0 Å². The largest absolute Gasteiger partial charge is 0.508 e. The average molecular weight is 390 g/mol. The van der Waals surface area contributed by atoms with Gasteiger partial charge in [0.2, 0.25) is 0 Å². The van der Waals surface area contributed by atoms with Crippen molar-refractivity contribution < 1.29 is 14.6 Å². The number of nitrogens with two attached hydrogens (primary N) is 1. The van der Waals surface area contributed by atoms with Crippen LogP contribution in [0.15, 0.2) is 66.7 Å². The van der Waals surface area contributed by atoms with Gasteiger partial charge >= 0.3 is 0 Å². The first-order valence-electron chi connectivity index (χ1n) is 9.61. The van der Waals surface area contributed by atoms with E-state index in [1.165, 1.54) is 0 Å². The Morgan fingerprint density at radius 1 is 1.07 bits per heavy atom. The van der Waals surface area contributed by atoms with Crippen LogP contribution in [0.2, 0.25) is 0 Å². The van der Waals surface area contributed by atoms with Crippen molar-refractivity contribution in [2.75, 3.05) is 13.2 Å². The van der Waals surface area contributed by atoms with Crippen LogP contribution in [0.5, 0.6) is 11.5 Å². The lowest BCUT2D eigenvalue weighted by Gasteiger charge is -2.17. The lowest BCUT2D eigenvalue weighted by Crippen LogP contribution is -2.27. The molecule has 0 aliphatic carbocycles. The highest BCUT2D eigenvalue weighted by molar-refractivity contribution is 5.96. The summed E-state index contributed by atoms with van der Waals surface area (Å²) in [6, 6.07) is 20.4. The third kappa shape index (κ3) is 5.15. The predicted molar refractivity (Wildman–Crippen MR) is 115 cm³/mol. The van der Waals surface area contributed by atoms with Crippen molar-refractivity contribution in [2.45, 2.75) is 19.9 Å². The summed E-state index contributed by atoms with van der Waals surface area (Å²) in [6.07, 6.45) is 0. The van der Waals surface area contributed by atoms with E-state index in [9.17, 15) is 9.90 Å². The van der Waals surface area contributed by atoms with Crippen molar-refractivity contribution in [3.63, 3.8) is 0 Å². The molecule has 5 nitrogen and oxygen atoms in total. The Bertz CT molecular complexity index is 984. The fraction of sp³-hybridized carbons (Fsp3) is 0.208. The van der Waals surface area contributed by atoms with Gasteiger partial charge in [-0.2, -0.15) is 0 Å². The molecule has 4 N–H and O–H groups in total. The molecular formula is C24H26N2O3. The monoisotopic (exact) mass is 390 g/mol. The number of nitrogens with one attached hydrogen (secondary N) is 1. The second kappa shape index (κ2) is 9.26. The van der Waals surface area contributed by atoms with Gasteiger partial charge in [0.05, 0.1) is 6.04 Å². The van der Waals surface area contributed by atoms with Crippen LogP contribution in [0.4, 0.5) is 0 Å². The van der Waals surface area contributed by atoms with Gasteiger partial charge in [-0.25, -0.2) is 0 Å². The van der Waals surface area contributed by atoms with Gasteiger partial charge in [0, 0.05) is 12.1 Å². The van der Waals surface area contributed by atoms with Crippen molar-refractivity contribution in [3.05, 3.63) is 83.4 Å². The van der Waals surface area contributed by atoms with Crippen LogP contribution in [0.3, 0.4) is 0 Å². The molecule has 1 atom stereocenters. The van der Waals surface area contributed by atoms with E-state index >= 15 is 0 Å². The van der Waals surface area contributed by atoms with Gasteiger partial charge < -0.3 is 20.9 Å². The minimum Gasteiger partial charge on any atom is -0.508 e.